The fourth-order valence-corrected chi connectivity index (χ4v) is 1.78. The van der Waals surface area contributed by atoms with Crippen LogP contribution in [0.1, 0.15) is 38.2 Å². The van der Waals surface area contributed by atoms with Gasteiger partial charge in [-0.3, -0.25) is 4.99 Å². The molecule has 0 heterocycles. The minimum atomic E-state index is 0.0450. The number of nitrogens with zero attached hydrogens (tertiary/aromatic N) is 1. The fraction of sp³-hybridized carbons (Fsp3) is 0.533. The summed E-state index contributed by atoms with van der Waals surface area (Å²) in [4.78, 5) is 4.39. The average Bonchev–Trinajstić information content (AvgIpc) is 2.35. The lowest BCUT2D eigenvalue weighted by molar-refractivity contribution is 0.674. The van der Waals surface area contributed by atoms with Gasteiger partial charge in [-0.2, -0.15) is 0 Å². The number of aliphatic imine (C=N–C) groups is 1. The lowest BCUT2D eigenvalue weighted by Gasteiger charge is -2.05. The molecule has 0 saturated heterocycles. The van der Waals surface area contributed by atoms with Crippen LogP contribution < -0.4 is 5.73 Å². The van der Waals surface area contributed by atoms with Gasteiger partial charge in [0.1, 0.15) is 0 Å². The Morgan fingerprint density at radius 3 is 2.65 bits per heavy atom. The number of hydrogen-bond acceptors (Lipinski definition) is 2. The van der Waals surface area contributed by atoms with Crippen molar-refractivity contribution in [3.63, 3.8) is 0 Å². The summed E-state index contributed by atoms with van der Waals surface area (Å²) in [5.74, 6) is 0. The molecule has 0 aliphatic rings. The Balaban J connectivity index is 2.16. The Labute approximate surface area is 105 Å². The lowest BCUT2D eigenvalue weighted by atomic mass is 10.1. The van der Waals surface area contributed by atoms with Crippen LogP contribution >= 0.6 is 0 Å². The highest BCUT2D eigenvalue weighted by Gasteiger charge is 1.99. The molecule has 94 valence electrons. The number of rotatable bonds is 8. The van der Waals surface area contributed by atoms with Crippen LogP contribution in [-0.2, 0) is 6.42 Å². The van der Waals surface area contributed by atoms with E-state index in [2.05, 4.69) is 24.0 Å². The van der Waals surface area contributed by atoms with E-state index in [1.165, 1.54) is 31.2 Å². The van der Waals surface area contributed by atoms with E-state index >= 15 is 0 Å². The number of nitrogens with two attached hydrogens (primary N) is 1. The smallest absolute Gasteiger partial charge is 0.0435 e. The van der Waals surface area contributed by atoms with Crippen LogP contribution in [0.5, 0.6) is 0 Å². The number of hydrogen-bond donors (Lipinski definition) is 1. The second-order valence-electron chi connectivity index (χ2n) is 4.47. The van der Waals surface area contributed by atoms with Gasteiger partial charge in [-0.1, -0.05) is 56.5 Å². The van der Waals surface area contributed by atoms with E-state index in [-0.39, 0.29) is 6.04 Å². The molecule has 0 bridgehead atoms. The first-order valence-electron chi connectivity index (χ1n) is 6.62. The molecule has 0 saturated carbocycles. The molecule has 2 N–H and O–H groups in total. The van der Waals surface area contributed by atoms with Gasteiger partial charge in [-0.15, -0.1) is 0 Å². The van der Waals surface area contributed by atoms with Gasteiger partial charge in [-0.25, -0.2) is 0 Å². The van der Waals surface area contributed by atoms with Gasteiger partial charge in [0.2, 0.25) is 0 Å². The topological polar surface area (TPSA) is 38.4 Å². The maximum Gasteiger partial charge on any atom is 0.0435 e. The summed E-state index contributed by atoms with van der Waals surface area (Å²) in [5, 5.41) is 0. The minimum Gasteiger partial charge on any atom is -0.323 e. The third-order valence-electron chi connectivity index (χ3n) is 2.75. The van der Waals surface area contributed by atoms with Gasteiger partial charge in [0.25, 0.3) is 0 Å². The summed E-state index contributed by atoms with van der Waals surface area (Å²) in [6, 6.07) is 10.4. The van der Waals surface area contributed by atoms with Crippen molar-refractivity contribution in [1.82, 2.24) is 0 Å². The summed E-state index contributed by atoms with van der Waals surface area (Å²) in [6.45, 7) is 3.14. The number of unbranched alkanes of at least 4 members (excludes halogenated alkanes) is 3. The predicted molar refractivity (Wildman–Crippen MR) is 75.6 cm³/mol. The van der Waals surface area contributed by atoms with Crippen molar-refractivity contribution >= 4 is 6.21 Å². The van der Waals surface area contributed by atoms with Crippen molar-refractivity contribution in [2.75, 3.05) is 6.54 Å². The zero-order chi connectivity index (χ0) is 12.3. The maximum atomic E-state index is 6.00. The largest absolute Gasteiger partial charge is 0.323 e. The Hall–Kier alpha value is -1.15. The van der Waals surface area contributed by atoms with Crippen LogP contribution in [0.25, 0.3) is 0 Å². The molecular formula is C15H24N2. The molecular weight excluding hydrogens is 208 g/mol. The van der Waals surface area contributed by atoms with Crippen LogP contribution in [-0.4, -0.2) is 18.8 Å². The normalized spacial score (nSPS) is 13.1. The van der Waals surface area contributed by atoms with E-state index in [9.17, 15) is 0 Å². The first kappa shape index (κ1) is 13.9. The zero-order valence-electron chi connectivity index (χ0n) is 10.8. The molecule has 1 unspecified atom stereocenters. The molecule has 2 nitrogen and oxygen atoms in total. The monoisotopic (exact) mass is 232 g/mol. The molecule has 1 aromatic carbocycles. The van der Waals surface area contributed by atoms with Crippen LogP contribution in [0.15, 0.2) is 35.3 Å². The predicted octanol–water partition coefficient (Wildman–Crippen LogP) is 3.21. The van der Waals surface area contributed by atoms with E-state index in [1.54, 1.807) is 0 Å². The third-order valence-corrected chi connectivity index (χ3v) is 2.75. The second kappa shape index (κ2) is 8.94. The summed E-state index contributed by atoms with van der Waals surface area (Å²) >= 11 is 0. The molecule has 0 amide bonds. The quantitative estimate of drug-likeness (QED) is 0.542. The highest BCUT2D eigenvalue weighted by molar-refractivity contribution is 5.64. The summed E-state index contributed by atoms with van der Waals surface area (Å²) in [5.41, 5.74) is 7.27. The molecule has 17 heavy (non-hydrogen) atoms. The van der Waals surface area contributed by atoms with E-state index in [0.29, 0.717) is 0 Å². The molecule has 1 rings (SSSR count). The Morgan fingerprint density at radius 1 is 1.18 bits per heavy atom. The first-order valence-corrected chi connectivity index (χ1v) is 6.62. The third kappa shape index (κ3) is 6.90. The highest BCUT2D eigenvalue weighted by atomic mass is 14.7. The van der Waals surface area contributed by atoms with Crippen LogP contribution in [0.4, 0.5) is 0 Å². The van der Waals surface area contributed by atoms with E-state index in [4.69, 9.17) is 5.73 Å². The minimum absolute atomic E-state index is 0.0450. The second-order valence-corrected chi connectivity index (χ2v) is 4.47. The highest BCUT2D eigenvalue weighted by Crippen LogP contribution is 2.01. The van der Waals surface area contributed by atoms with Gasteiger partial charge in [0.15, 0.2) is 0 Å². The summed E-state index contributed by atoms with van der Waals surface area (Å²) in [6.07, 6.45) is 7.82. The van der Waals surface area contributed by atoms with Crippen LogP contribution in [0.2, 0.25) is 0 Å². The van der Waals surface area contributed by atoms with Gasteiger partial charge in [0, 0.05) is 18.8 Å². The molecule has 1 atom stereocenters. The van der Waals surface area contributed by atoms with Crippen LogP contribution in [0.3, 0.4) is 0 Å². The van der Waals surface area contributed by atoms with Gasteiger partial charge >= 0.3 is 0 Å². The van der Waals surface area contributed by atoms with Crippen molar-refractivity contribution < 1.29 is 0 Å². The molecule has 0 fully saturated rings. The Kier molecular flexibility index (Phi) is 7.32. The maximum absolute atomic E-state index is 6.00. The zero-order valence-corrected chi connectivity index (χ0v) is 10.8. The molecule has 0 aliphatic heterocycles. The summed E-state index contributed by atoms with van der Waals surface area (Å²) in [7, 11) is 0. The van der Waals surface area contributed by atoms with Gasteiger partial charge in [-0.05, 0) is 18.4 Å². The molecule has 0 radical (unpaired) electrons. The summed E-state index contributed by atoms with van der Waals surface area (Å²) < 4.78 is 0. The molecule has 0 aliphatic carbocycles. The van der Waals surface area contributed by atoms with Crippen molar-refractivity contribution in [3.05, 3.63) is 35.9 Å². The van der Waals surface area contributed by atoms with E-state index in [0.717, 1.165) is 13.0 Å². The molecule has 1 aromatic rings. The van der Waals surface area contributed by atoms with Crippen molar-refractivity contribution in [3.8, 4) is 0 Å². The molecule has 0 aromatic heterocycles. The van der Waals surface area contributed by atoms with Gasteiger partial charge < -0.3 is 5.73 Å². The standard InChI is InChI=1S/C15H24N2/c1-2-3-4-8-11-17-13-15(16)12-14-9-6-5-7-10-14/h5-7,9-10,13,15H,2-4,8,11-12,16H2,1H3. The number of benzene rings is 1. The first-order chi connectivity index (χ1) is 8.33. The van der Waals surface area contributed by atoms with Crippen molar-refractivity contribution in [1.29, 1.82) is 0 Å². The van der Waals surface area contributed by atoms with E-state index < -0.39 is 0 Å². The molecule has 2 heteroatoms. The SMILES string of the molecule is CCCCCCN=CC(N)Cc1ccccc1. The van der Waals surface area contributed by atoms with E-state index in [1.807, 2.05) is 24.4 Å². The fourth-order valence-electron chi connectivity index (χ4n) is 1.78. The van der Waals surface area contributed by atoms with Crippen molar-refractivity contribution in [2.24, 2.45) is 10.7 Å². The lowest BCUT2D eigenvalue weighted by Crippen LogP contribution is -2.24. The molecule has 0 spiro atoms. The Bertz CT molecular complexity index is 306. The average molecular weight is 232 g/mol. The van der Waals surface area contributed by atoms with Crippen molar-refractivity contribution in [2.45, 2.75) is 45.1 Å². The van der Waals surface area contributed by atoms with Gasteiger partial charge in [0.05, 0.1) is 0 Å². The Morgan fingerprint density at radius 2 is 1.94 bits per heavy atom. The van der Waals surface area contributed by atoms with Crippen LogP contribution in [0, 0.1) is 0 Å².